The molecular formula is C16H35NO3. The molecule has 0 radical (unpaired) electrons. The summed E-state index contributed by atoms with van der Waals surface area (Å²) in [6.07, 6.45) is 16.6. The van der Waals surface area contributed by atoms with Crippen molar-refractivity contribution < 1.29 is 15.0 Å². The van der Waals surface area contributed by atoms with Crippen molar-refractivity contribution in [3.63, 3.8) is 0 Å². The van der Waals surface area contributed by atoms with Gasteiger partial charge in [0.25, 0.3) is 0 Å². The fourth-order valence-corrected chi connectivity index (χ4v) is 2.16. The predicted molar refractivity (Wildman–Crippen MR) is 85.4 cm³/mol. The van der Waals surface area contributed by atoms with E-state index in [1.165, 1.54) is 83.5 Å². The molecule has 0 aromatic rings. The zero-order chi connectivity index (χ0) is 15.5. The van der Waals surface area contributed by atoms with Crippen LogP contribution < -0.4 is 5.73 Å². The van der Waals surface area contributed by atoms with Crippen LogP contribution in [0.2, 0.25) is 0 Å². The molecule has 20 heavy (non-hydrogen) atoms. The van der Waals surface area contributed by atoms with Crippen molar-refractivity contribution >= 4 is 6.16 Å². The largest absolute Gasteiger partial charge is 0.503 e. The highest BCUT2D eigenvalue weighted by Gasteiger charge is 1.92. The Morgan fingerprint density at radius 3 is 1.20 bits per heavy atom. The molecule has 0 rings (SSSR count). The Morgan fingerprint density at radius 1 is 0.700 bits per heavy atom. The van der Waals surface area contributed by atoms with Gasteiger partial charge in [-0.2, -0.15) is 0 Å². The normalized spacial score (nSPS) is 9.90. The van der Waals surface area contributed by atoms with Crippen LogP contribution in [0.3, 0.4) is 0 Å². The zero-order valence-electron chi connectivity index (χ0n) is 13.3. The topological polar surface area (TPSA) is 83.6 Å². The summed E-state index contributed by atoms with van der Waals surface area (Å²) < 4.78 is 0. The minimum atomic E-state index is -1.83. The molecule has 0 fully saturated rings. The summed E-state index contributed by atoms with van der Waals surface area (Å²) in [5.74, 6) is 0. The average molecular weight is 289 g/mol. The molecule has 4 N–H and O–H groups in total. The van der Waals surface area contributed by atoms with Crippen LogP contribution in [0, 0.1) is 0 Å². The second kappa shape index (κ2) is 20.5. The first-order valence-electron chi connectivity index (χ1n) is 8.27. The highest BCUT2D eigenvalue weighted by molar-refractivity contribution is 5.53. The van der Waals surface area contributed by atoms with Crippen molar-refractivity contribution in [1.82, 2.24) is 0 Å². The molecule has 0 aliphatic heterocycles. The molecule has 122 valence electrons. The van der Waals surface area contributed by atoms with E-state index in [-0.39, 0.29) is 0 Å². The van der Waals surface area contributed by atoms with Gasteiger partial charge in [-0.3, -0.25) is 0 Å². The van der Waals surface area contributed by atoms with Gasteiger partial charge in [-0.15, -0.1) is 0 Å². The van der Waals surface area contributed by atoms with Gasteiger partial charge < -0.3 is 15.9 Å². The lowest BCUT2D eigenvalue weighted by Crippen LogP contribution is -1.97. The first-order chi connectivity index (χ1) is 9.65. The molecule has 0 aliphatic carbocycles. The second-order valence-corrected chi connectivity index (χ2v) is 5.31. The SMILES string of the molecule is CCCCCCCCCCCCCCCN.O=C(O)O. The summed E-state index contributed by atoms with van der Waals surface area (Å²) in [6, 6.07) is 0. The van der Waals surface area contributed by atoms with Crippen molar-refractivity contribution in [3.8, 4) is 0 Å². The molecule has 4 nitrogen and oxygen atoms in total. The van der Waals surface area contributed by atoms with Gasteiger partial charge in [0.2, 0.25) is 0 Å². The molecule has 0 heterocycles. The predicted octanol–water partition coefficient (Wildman–Crippen LogP) is 5.26. The number of unbranched alkanes of at least 4 members (excludes halogenated alkanes) is 12. The lowest BCUT2D eigenvalue weighted by atomic mass is 10.0. The maximum absolute atomic E-state index is 8.56. The molecule has 0 saturated carbocycles. The number of carboxylic acid groups (broad SMARTS) is 2. The van der Waals surface area contributed by atoms with E-state index in [1.54, 1.807) is 0 Å². The molecule has 0 aromatic heterocycles. The van der Waals surface area contributed by atoms with Crippen LogP contribution in [-0.2, 0) is 0 Å². The molecule has 0 aliphatic rings. The summed E-state index contributed by atoms with van der Waals surface area (Å²) >= 11 is 0. The quantitative estimate of drug-likeness (QED) is 0.404. The maximum Gasteiger partial charge on any atom is 0.503 e. The molecule has 0 bridgehead atoms. The Balaban J connectivity index is 0. The molecule has 0 aromatic carbocycles. The van der Waals surface area contributed by atoms with Crippen LogP contribution in [-0.4, -0.2) is 22.9 Å². The first-order valence-corrected chi connectivity index (χ1v) is 8.27. The minimum absolute atomic E-state index is 0.873. The van der Waals surface area contributed by atoms with Crippen LogP contribution in [0.15, 0.2) is 0 Å². The van der Waals surface area contributed by atoms with Gasteiger partial charge in [-0.25, -0.2) is 4.79 Å². The number of rotatable bonds is 13. The van der Waals surface area contributed by atoms with E-state index < -0.39 is 6.16 Å². The monoisotopic (exact) mass is 289 g/mol. The molecule has 0 amide bonds. The fourth-order valence-electron chi connectivity index (χ4n) is 2.16. The van der Waals surface area contributed by atoms with E-state index in [4.69, 9.17) is 20.7 Å². The van der Waals surface area contributed by atoms with Gasteiger partial charge in [0, 0.05) is 0 Å². The molecule has 0 unspecified atom stereocenters. The van der Waals surface area contributed by atoms with Crippen molar-refractivity contribution in [2.45, 2.75) is 90.4 Å². The number of hydrogen-bond acceptors (Lipinski definition) is 2. The van der Waals surface area contributed by atoms with E-state index in [9.17, 15) is 0 Å². The number of carbonyl (C=O) groups is 1. The Labute approximate surface area is 124 Å². The van der Waals surface area contributed by atoms with Crippen molar-refractivity contribution in [2.75, 3.05) is 6.54 Å². The smallest absolute Gasteiger partial charge is 0.450 e. The van der Waals surface area contributed by atoms with E-state index in [0.717, 1.165) is 6.54 Å². The Kier molecular flexibility index (Phi) is 22.1. The van der Waals surface area contributed by atoms with Gasteiger partial charge in [0.05, 0.1) is 0 Å². The lowest BCUT2D eigenvalue weighted by Gasteiger charge is -2.02. The van der Waals surface area contributed by atoms with Crippen LogP contribution in [0.1, 0.15) is 90.4 Å². The summed E-state index contributed by atoms with van der Waals surface area (Å²) in [4.78, 5) is 8.56. The third-order valence-corrected chi connectivity index (χ3v) is 3.31. The van der Waals surface area contributed by atoms with Crippen molar-refractivity contribution in [2.24, 2.45) is 5.73 Å². The van der Waals surface area contributed by atoms with Crippen molar-refractivity contribution in [1.29, 1.82) is 0 Å². The first kappa shape index (κ1) is 21.5. The second-order valence-electron chi connectivity index (χ2n) is 5.31. The maximum atomic E-state index is 8.56. The highest BCUT2D eigenvalue weighted by Crippen LogP contribution is 2.12. The van der Waals surface area contributed by atoms with Gasteiger partial charge >= 0.3 is 6.16 Å². The molecular weight excluding hydrogens is 254 g/mol. The van der Waals surface area contributed by atoms with Gasteiger partial charge in [0.15, 0.2) is 0 Å². The lowest BCUT2D eigenvalue weighted by molar-refractivity contribution is 0.137. The molecule has 0 atom stereocenters. The van der Waals surface area contributed by atoms with Gasteiger partial charge in [-0.1, -0.05) is 84.0 Å². The highest BCUT2D eigenvalue weighted by atomic mass is 16.6. The average Bonchev–Trinajstić information content (AvgIpc) is 2.39. The van der Waals surface area contributed by atoms with E-state index in [1.807, 2.05) is 0 Å². The van der Waals surface area contributed by atoms with Crippen molar-refractivity contribution in [3.05, 3.63) is 0 Å². The van der Waals surface area contributed by atoms with E-state index >= 15 is 0 Å². The minimum Gasteiger partial charge on any atom is -0.450 e. The molecule has 0 saturated heterocycles. The summed E-state index contributed by atoms with van der Waals surface area (Å²) in [5.41, 5.74) is 5.46. The third kappa shape index (κ3) is 30.3. The van der Waals surface area contributed by atoms with Crippen LogP contribution in [0.4, 0.5) is 4.79 Å². The van der Waals surface area contributed by atoms with Crippen LogP contribution in [0.25, 0.3) is 0 Å². The zero-order valence-corrected chi connectivity index (χ0v) is 13.3. The summed E-state index contributed by atoms with van der Waals surface area (Å²) in [6.45, 7) is 3.16. The fraction of sp³-hybridized carbons (Fsp3) is 0.938. The molecule has 0 spiro atoms. The Bertz CT molecular complexity index is 169. The van der Waals surface area contributed by atoms with Gasteiger partial charge in [0.1, 0.15) is 0 Å². The molecule has 4 heteroatoms. The summed E-state index contributed by atoms with van der Waals surface area (Å²) in [5, 5.41) is 13.9. The Hall–Kier alpha value is -0.770. The van der Waals surface area contributed by atoms with Crippen LogP contribution >= 0.6 is 0 Å². The number of nitrogens with two attached hydrogens (primary N) is 1. The van der Waals surface area contributed by atoms with Gasteiger partial charge in [-0.05, 0) is 13.0 Å². The third-order valence-electron chi connectivity index (χ3n) is 3.31. The summed E-state index contributed by atoms with van der Waals surface area (Å²) in [7, 11) is 0. The van der Waals surface area contributed by atoms with Crippen LogP contribution in [0.5, 0.6) is 0 Å². The van der Waals surface area contributed by atoms with E-state index in [2.05, 4.69) is 6.92 Å². The standard InChI is InChI=1S/C15H33N.CH2O3/c1-2-3-4-5-6-7-8-9-10-11-12-13-14-15-16;2-1(3)4/h2-16H2,1H3;(H2,2,3,4). The number of hydrogen-bond donors (Lipinski definition) is 3. The Morgan fingerprint density at radius 2 is 0.950 bits per heavy atom. The van der Waals surface area contributed by atoms with E-state index in [0.29, 0.717) is 0 Å².